The van der Waals surface area contributed by atoms with Crippen molar-refractivity contribution in [3.63, 3.8) is 0 Å². The zero-order chi connectivity index (χ0) is 17.2. The molecule has 0 saturated heterocycles. The minimum Gasteiger partial charge on any atom is -0.315 e. The van der Waals surface area contributed by atoms with Crippen LogP contribution in [0.5, 0.6) is 0 Å². The van der Waals surface area contributed by atoms with Crippen molar-refractivity contribution in [2.45, 2.75) is 45.7 Å². The van der Waals surface area contributed by atoms with E-state index in [9.17, 15) is 0 Å². The van der Waals surface area contributed by atoms with Gasteiger partial charge in [0.25, 0.3) is 0 Å². The predicted molar refractivity (Wildman–Crippen MR) is 96.8 cm³/mol. The summed E-state index contributed by atoms with van der Waals surface area (Å²) >= 11 is 0. The van der Waals surface area contributed by atoms with Crippen LogP contribution in [0.2, 0.25) is 0 Å². The Morgan fingerprint density at radius 1 is 1.20 bits per heavy atom. The molecule has 2 aromatic heterocycles. The summed E-state index contributed by atoms with van der Waals surface area (Å²) in [6.07, 6.45) is 7.01. The van der Waals surface area contributed by atoms with E-state index < -0.39 is 0 Å². The van der Waals surface area contributed by atoms with Crippen LogP contribution in [-0.2, 0) is 19.4 Å². The predicted octanol–water partition coefficient (Wildman–Crippen LogP) is 2.61. The number of aromatic nitrogens is 5. The van der Waals surface area contributed by atoms with Gasteiger partial charge in [-0.25, -0.2) is 4.98 Å². The molecule has 1 N–H and O–H groups in total. The van der Waals surface area contributed by atoms with Crippen molar-refractivity contribution in [1.82, 2.24) is 29.6 Å². The number of aryl methyl sites for hydroxylation is 2. The summed E-state index contributed by atoms with van der Waals surface area (Å²) in [5.74, 6) is 3.26. The molecular formula is C19H24N6. The van der Waals surface area contributed by atoms with Crippen LogP contribution in [0.15, 0.2) is 36.7 Å². The van der Waals surface area contributed by atoms with Crippen molar-refractivity contribution in [2.24, 2.45) is 0 Å². The van der Waals surface area contributed by atoms with E-state index in [2.05, 4.69) is 60.8 Å². The van der Waals surface area contributed by atoms with E-state index in [1.165, 1.54) is 12.0 Å². The van der Waals surface area contributed by atoms with Gasteiger partial charge in [-0.1, -0.05) is 12.1 Å². The smallest absolute Gasteiger partial charge is 0.134 e. The Balaban J connectivity index is 1.35. The molecule has 3 aromatic rings. The first-order chi connectivity index (χ1) is 12.2. The van der Waals surface area contributed by atoms with Crippen LogP contribution >= 0.6 is 0 Å². The van der Waals surface area contributed by atoms with Gasteiger partial charge in [-0.2, -0.15) is 0 Å². The number of benzene rings is 1. The largest absolute Gasteiger partial charge is 0.315 e. The number of hydrogen-bond acceptors (Lipinski definition) is 4. The first kappa shape index (κ1) is 16.0. The molecule has 3 heterocycles. The molecule has 0 spiro atoms. The van der Waals surface area contributed by atoms with E-state index in [4.69, 9.17) is 0 Å². The summed E-state index contributed by atoms with van der Waals surface area (Å²) in [7, 11) is 0. The SMILES string of the molecule is Cc1nccn1-c1ccc([C@@H](C)NCCc2nnc3n2CCC3)cc1. The molecule has 130 valence electrons. The highest BCUT2D eigenvalue weighted by molar-refractivity contribution is 5.36. The Morgan fingerprint density at radius 3 is 2.80 bits per heavy atom. The minimum absolute atomic E-state index is 0.305. The molecule has 0 saturated carbocycles. The van der Waals surface area contributed by atoms with Gasteiger partial charge < -0.3 is 14.5 Å². The fraction of sp³-hybridized carbons (Fsp3) is 0.421. The second kappa shape index (κ2) is 6.80. The Labute approximate surface area is 147 Å². The molecule has 1 atom stereocenters. The van der Waals surface area contributed by atoms with Crippen LogP contribution in [0, 0.1) is 6.92 Å². The monoisotopic (exact) mass is 336 g/mol. The molecule has 1 aliphatic heterocycles. The fourth-order valence-electron chi connectivity index (χ4n) is 3.49. The minimum atomic E-state index is 0.305. The molecule has 25 heavy (non-hydrogen) atoms. The highest BCUT2D eigenvalue weighted by atomic mass is 15.3. The first-order valence-electron chi connectivity index (χ1n) is 8.97. The lowest BCUT2D eigenvalue weighted by molar-refractivity contribution is 0.559. The summed E-state index contributed by atoms with van der Waals surface area (Å²) in [6.45, 7) is 6.19. The second-order valence-corrected chi connectivity index (χ2v) is 6.65. The molecule has 0 bridgehead atoms. The normalized spacial score (nSPS) is 14.6. The lowest BCUT2D eigenvalue weighted by Crippen LogP contribution is -2.22. The number of rotatable bonds is 6. The van der Waals surface area contributed by atoms with E-state index in [0.717, 1.165) is 49.1 Å². The molecule has 0 fully saturated rings. The lowest BCUT2D eigenvalue weighted by Gasteiger charge is -2.15. The van der Waals surface area contributed by atoms with Gasteiger partial charge in [-0.05, 0) is 38.0 Å². The van der Waals surface area contributed by atoms with Gasteiger partial charge in [-0.3, -0.25) is 0 Å². The number of hydrogen-bond donors (Lipinski definition) is 1. The second-order valence-electron chi connectivity index (χ2n) is 6.65. The summed E-state index contributed by atoms with van der Waals surface area (Å²) < 4.78 is 4.36. The van der Waals surface area contributed by atoms with E-state index in [0.29, 0.717) is 6.04 Å². The van der Waals surface area contributed by atoms with Crippen LogP contribution in [0.3, 0.4) is 0 Å². The topological polar surface area (TPSA) is 60.6 Å². The van der Waals surface area contributed by atoms with Gasteiger partial charge in [0.15, 0.2) is 0 Å². The molecular weight excluding hydrogens is 312 g/mol. The highest BCUT2D eigenvalue weighted by Gasteiger charge is 2.17. The number of nitrogens with zero attached hydrogens (tertiary/aromatic N) is 5. The van der Waals surface area contributed by atoms with Crippen LogP contribution in [0.4, 0.5) is 0 Å². The van der Waals surface area contributed by atoms with Crippen molar-refractivity contribution in [2.75, 3.05) is 6.54 Å². The standard InChI is InChI=1S/C19H24N6/c1-14(20-10-9-19-23-22-18-4-3-12-25(18)19)16-5-7-17(8-6-16)24-13-11-21-15(24)2/h5-8,11,13-14,20H,3-4,9-10,12H2,1-2H3/t14-/m1/s1. The first-order valence-corrected chi connectivity index (χ1v) is 8.97. The van der Waals surface area contributed by atoms with E-state index in [1.807, 2.05) is 19.3 Å². The van der Waals surface area contributed by atoms with Gasteiger partial charge in [0.2, 0.25) is 0 Å². The molecule has 1 aromatic carbocycles. The average Bonchev–Trinajstić information content (AvgIpc) is 3.33. The summed E-state index contributed by atoms with van der Waals surface area (Å²) in [6, 6.07) is 8.96. The van der Waals surface area contributed by atoms with Crippen LogP contribution in [-0.4, -0.2) is 30.9 Å². The van der Waals surface area contributed by atoms with Gasteiger partial charge in [-0.15, -0.1) is 10.2 Å². The Hall–Kier alpha value is -2.47. The van der Waals surface area contributed by atoms with Crippen LogP contribution in [0.1, 0.15) is 42.4 Å². The van der Waals surface area contributed by atoms with Gasteiger partial charge >= 0.3 is 0 Å². The third-order valence-electron chi connectivity index (χ3n) is 4.98. The Bertz CT molecular complexity index is 845. The van der Waals surface area contributed by atoms with Crippen LogP contribution in [0.25, 0.3) is 5.69 Å². The maximum Gasteiger partial charge on any atom is 0.134 e. The molecule has 6 nitrogen and oxygen atoms in total. The van der Waals surface area contributed by atoms with E-state index in [-0.39, 0.29) is 0 Å². The third-order valence-corrected chi connectivity index (χ3v) is 4.98. The third kappa shape index (κ3) is 3.22. The lowest BCUT2D eigenvalue weighted by atomic mass is 10.1. The van der Waals surface area contributed by atoms with Crippen molar-refractivity contribution in [3.8, 4) is 5.69 Å². The molecule has 0 unspecified atom stereocenters. The number of imidazole rings is 1. The number of nitrogens with one attached hydrogen (secondary N) is 1. The quantitative estimate of drug-likeness (QED) is 0.752. The summed E-state index contributed by atoms with van der Waals surface area (Å²) in [5, 5.41) is 12.2. The van der Waals surface area contributed by atoms with Gasteiger partial charge in [0.1, 0.15) is 17.5 Å². The maximum absolute atomic E-state index is 4.32. The maximum atomic E-state index is 4.32. The number of fused-ring (bicyclic) bond motifs is 1. The zero-order valence-corrected chi connectivity index (χ0v) is 14.8. The van der Waals surface area contributed by atoms with E-state index in [1.54, 1.807) is 0 Å². The fourth-order valence-corrected chi connectivity index (χ4v) is 3.49. The van der Waals surface area contributed by atoms with Crippen molar-refractivity contribution < 1.29 is 0 Å². The summed E-state index contributed by atoms with van der Waals surface area (Å²) in [5.41, 5.74) is 2.43. The average molecular weight is 336 g/mol. The van der Waals surface area contributed by atoms with E-state index >= 15 is 0 Å². The zero-order valence-electron chi connectivity index (χ0n) is 14.8. The molecule has 6 heteroatoms. The highest BCUT2D eigenvalue weighted by Crippen LogP contribution is 2.17. The van der Waals surface area contributed by atoms with Gasteiger partial charge in [0.05, 0.1) is 0 Å². The molecule has 1 aliphatic rings. The van der Waals surface area contributed by atoms with Crippen LogP contribution < -0.4 is 5.32 Å². The van der Waals surface area contributed by atoms with Crippen molar-refractivity contribution >= 4 is 0 Å². The Kier molecular flexibility index (Phi) is 4.36. The van der Waals surface area contributed by atoms with Crippen molar-refractivity contribution in [1.29, 1.82) is 0 Å². The Morgan fingerprint density at radius 2 is 2.04 bits per heavy atom. The summed E-state index contributed by atoms with van der Waals surface area (Å²) in [4.78, 5) is 4.28. The van der Waals surface area contributed by atoms with Crippen molar-refractivity contribution in [3.05, 3.63) is 59.7 Å². The molecule has 0 radical (unpaired) electrons. The van der Waals surface area contributed by atoms with Gasteiger partial charge in [0, 0.05) is 50.1 Å². The molecule has 4 rings (SSSR count). The molecule has 0 amide bonds. The molecule has 0 aliphatic carbocycles.